The van der Waals surface area contributed by atoms with E-state index in [1.165, 1.54) is 26.4 Å². The monoisotopic (exact) mass is 275 g/mol. The molecule has 0 unspecified atom stereocenters. The summed E-state index contributed by atoms with van der Waals surface area (Å²) >= 11 is 0. The third-order valence-corrected chi connectivity index (χ3v) is 2.78. The molecule has 0 aliphatic heterocycles. The Bertz CT molecular complexity index is 628. The second-order valence-corrected chi connectivity index (χ2v) is 4.00. The van der Waals surface area contributed by atoms with Crippen molar-refractivity contribution in [3.63, 3.8) is 0 Å². The van der Waals surface area contributed by atoms with Crippen molar-refractivity contribution < 1.29 is 18.7 Å². The van der Waals surface area contributed by atoms with Crippen LogP contribution in [0.25, 0.3) is 0 Å². The highest BCUT2D eigenvalue weighted by Crippen LogP contribution is 2.24. The minimum Gasteiger partial charge on any atom is -0.497 e. The minimum absolute atomic E-state index is 0.0586. The largest absolute Gasteiger partial charge is 0.497 e. The summed E-state index contributed by atoms with van der Waals surface area (Å²) in [5.74, 6) is -0.322. The number of ether oxygens (including phenoxy) is 2. The maximum Gasteiger partial charge on any atom is 0.258 e. The van der Waals surface area contributed by atoms with Crippen LogP contribution in [0.1, 0.15) is 10.4 Å². The number of carbonyl (C=O) groups excluding carboxylic acids is 1. The normalized spacial score (nSPS) is 9.95. The molecular formula is C15H14FNO3. The summed E-state index contributed by atoms with van der Waals surface area (Å²) in [7, 11) is 2.93. The highest BCUT2D eigenvalue weighted by Gasteiger charge is 2.14. The van der Waals surface area contributed by atoms with E-state index < -0.39 is 11.7 Å². The molecule has 0 atom stereocenters. The molecule has 0 aromatic heterocycles. The first-order chi connectivity index (χ1) is 9.65. The maximum atomic E-state index is 13.8. The molecule has 20 heavy (non-hydrogen) atoms. The molecule has 1 N–H and O–H groups in total. The number of methoxy groups -OCH3 is 2. The van der Waals surface area contributed by atoms with Crippen molar-refractivity contribution in [2.75, 3.05) is 19.5 Å². The van der Waals surface area contributed by atoms with Crippen LogP contribution in [0.2, 0.25) is 0 Å². The van der Waals surface area contributed by atoms with Crippen LogP contribution in [-0.4, -0.2) is 20.1 Å². The number of nitrogens with one attached hydrogen (secondary N) is 1. The lowest BCUT2D eigenvalue weighted by Crippen LogP contribution is -2.14. The zero-order valence-electron chi connectivity index (χ0n) is 11.1. The first kappa shape index (κ1) is 13.9. The summed E-state index contributed by atoms with van der Waals surface area (Å²) in [6.07, 6.45) is 0. The van der Waals surface area contributed by atoms with Crippen LogP contribution in [0.3, 0.4) is 0 Å². The number of halogens is 1. The van der Waals surface area contributed by atoms with Crippen LogP contribution in [0.5, 0.6) is 11.5 Å². The summed E-state index contributed by atoms with van der Waals surface area (Å²) in [6.45, 7) is 0. The van der Waals surface area contributed by atoms with E-state index in [0.29, 0.717) is 17.2 Å². The molecule has 104 valence electrons. The predicted octanol–water partition coefficient (Wildman–Crippen LogP) is 3.10. The second kappa shape index (κ2) is 6.06. The number of anilines is 1. The van der Waals surface area contributed by atoms with Gasteiger partial charge in [-0.3, -0.25) is 4.79 Å². The number of benzene rings is 2. The van der Waals surface area contributed by atoms with Gasteiger partial charge in [0.1, 0.15) is 17.3 Å². The summed E-state index contributed by atoms with van der Waals surface area (Å²) in [4.78, 5) is 12.1. The SMILES string of the molecule is COc1ccc(C(=O)Nc2ccccc2OC)c(F)c1. The predicted molar refractivity (Wildman–Crippen MR) is 73.9 cm³/mol. The number of hydrogen-bond donors (Lipinski definition) is 1. The van der Waals surface area contributed by atoms with Gasteiger partial charge in [0.05, 0.1) is 25.5 Å². The van der Waals surface area contributed by atoms with Gasteiger partial charge in [-0.2, -0.15) is 0 Å². The van der Waals surface area contributed by atoms with E-state index in [0.717, 1.165) is 6.07 Å². The van der Waals surface area contributed by atoms with Crippen molar-refractivity contribution in [2.45, 2.75) is 0 Å². The minimum atomic E-state index is -0.642. The van der Waals surface area contributed by atoms with E-state index in [2.05, 4.69) is 5.32 Å². The van der Waals surface area contributed by atoms with Crippen molar-refractivity contribution >= 4 is 11.6 Å². The molecule has 0 spiro atoms. The molecule has 0 aliphatic carbocycles. The van der Waals surface area contributed by atoms with E-state index in [1.54, 1.807) is 24.3 Å². The van der Waals surface area contributed by atoms with Gasteiger partial charge in [-0.15, -0.1) is 0 Å². The molecule has 0 bridgehead atoms. The Hall–Kier alpha value is -2.56. The Morgan fingerprint density at radius 1 is 1.10 bits per heavy atom. The third kappa shape index (κ3) is 2.88. The number of para-hydroxylation sites is 2. The van der Waals surface area contributed by atoms with E-state index in [-0.39, 0.29) is 5.56 Å². The van der Waals surface area contributed by atoms with Crippen LogP contribution in [-0.2, 0) is 0 Å². The van der Waals surface area contributed by atoms with Gasteiger partial charge in [-0.25, -0.2) is 4.39 Å². The standard InChI is InChI=1S/C15H14FNO3/c1-19-10-7-8-11(12(16)9-10)15(18)17-13-5-3-4-6-14(13)20-2/h3-9H,1-2H3,(H,17,18). The molecule has 0 saturated heterocycles. The van der Waals surface area contributed by atoms with Crippen molar-refractivity contribution in [3.05, 3.63) is 53.8 Å². The summed E-state index contributed by atoms with van der Waals surface area (Å²) in [6, 6.07) is 11.0. The first-order valence-electron chi connectivity index (χ1n) is 5.93. The van der Waals surface area contributed by atoms with Gasteiger partial charge >= 0.3 is 0 Å². The average Bonchev–Trinajstić information content (AvgIpc) is 2.47. The topological polar surface area (TPSA) is 47.6 Å². The fourth-order valence-electron chi connectivity index (χ4n) is 1.74. The van der Waals surface area contributed by atoms with Crippen molar-refractivity contribution in [3.8, 4) is 11.5 Å². The molecule has 0 heterocycles. The Morgan fingerprint density at radius 3 is 2.50 bits per heavy atom. The van der Waals surface area contributed by atoms with Crippen LogP contribution in [0, 0.1) is 5.82 Å². The lowest BCUT2D eigenvalue weighted by molar-refractivity contribution is 0.102. The Balaban J connectivity index is 2.24. The molecule has 0 saturated carbocycles. The molecule has 1 amide bonds. The first-order valence-corrected chi connectivity index (χ1v) is 5.93. The lowest BCUT2D eigenvalue weighted by atomic mass is 10.2. The third-order valence-electron chi connectivity index (χ3n) is 2.78. The summed E-state index contributed by atoms with van der Waals surface area (Å²) in [5, 5.41) is 2.61. The fourth-order valence-corrected chi connectivity index (χ4v) is 1.74. The van der Waals surface area contributed by atoms with Crippen LogP contribution < -0.4 is 14.8 Å². The Morgan fingerprint density at radius 2 is 1.85 bits per heavy atom. The van der Waals surface area contributed by atoms with Gasteiger partial charge in [-0.05, 0) is 24.3 Å². The molecular weight excluding hydrogens is 261 g/mol. The Labute approximate surface area is 116 Å². The number of amides is 1. The summed E-state index contributed by atoms with van der Waals surface area (Å²) in [5.41, 5.74) is 0.423. The van der Waals surface area contributed by atoms with Gasteiger partial charge in [0.2, 0.25) is 0 Å². The van der Waals surface area contributed by atoms with Gasteiger partial charge in [0.25, 0.3) is 5.91 Å². The van der Waals surface area contributed by atoms with Gasteiger partial charge in [0.15, 0.2) is 0 Å². The summed E-state index contributed by atoms with van der Waals surface area (Å²) < 4.78 is 23.8. The Kier molecular flexibility index (Phi) is 4.20. The van der Waals surface area contributed by atoms with E-state index in [1.807, 2.05) is 0 Å². The molecule has 2 rings (SSSR count). The number of rotatable bonds is 4. The van der Waals surface area contributed by atoms with Crippen molar-refractivity contribution in [1.29, 1.82) is 0 Å². The van der Waals surface area contributed by atoms with Crippen LogP contribution in [0.15, 0.2) is 42.5 Å². The zero-order chi connectivity index (χ0) is 14.5. The van der Waals surface area contributed by atoms with Crippen molar-refractivity contribution in [2.24, 2.45) is 0 Å². The molecule has 2 aromatic carbocycles. The fraction of sp³-hybridized carbons (Fsp3) is 0.133. The molecule has 5 heteroatoms. The van der Waals surface area contributed by atoms with E-state index in [4.69, 9.17) is 9.47 Å². The van der Waals surface area contributed by atoms with Crippen LogP contribution >= 0.6 is 0 Å². The highest BCUT2D eigenvalue weighted by atomic mass is 19.1. The molecule has 0 fully saturated rings. The number of hydrogen-bond acceptors (Lipinski definition) is 3. The second-order valence-electron chi connectivity index (χ2n) is 4.00. The van der Waals surface area contributed by atoms with Gasteiger partial charge in [0, 0.05) is 6.07 Å². The number of carbonyl (C=O) groups is 1. The van der Waals surface area contributed by atoms with Gasteiger partial charge in [-0.1, -0.05) is 12.1 Å². The average molecular weight is 275 g/mol. The lowest BCUT2D eigenvalue weighted by Gasteiger charge is -2.10. The smallest absolute Gasteiger partial charge is 0.258 e. The molecule has 4 nitrogen and oxygen atoms in total. The van der Waals surface area contributed by atoms with Crippen LogP contribution in [0.4, 0.5) is 10.1 Å². The highest BCUT2D eigenvalue weighted by molar-refractivity contribution is 6.05. The maximum absolute atomic E-state index is 13.8. The molecule has 0 aliphatic rings. The van der Waals surface area contributed by atoms with E-state index >= 15 is 0 Å². The molecule has 0 radical (unpaired) electrons. The molecule has 2 aromatic rings. The quantitative estimate of drug-likeness (QED) is 0.932. The van der Waals surface area contributed by atoms with E-state index in [9.17, 15) is 9.18 Å². The zero-order valence-corrected chi connectivity index (χ0v) is 11.1. The van der Waals surface area contributed by atoms with Gasteiger partial charge < -0.3 is 14.8 Å². The van der Waals surface area contributed by atoms with Crippen molar-refractivity contribution in [1.82, 2.24) is 0 Å².